The molecule has 0 heterocycles. The Labute approximate surface area is 113 Å². The maximum atomic E-state index is 12.3. The van der Waals surface area contributed by atoms with Crippen molar-refractivity contribution in [1.29, 1.82) is 0 Å². The Morgan fingerprint density at radius 3 is 2.06 bits per heavy atom. The van der Waals surface area contributed by atoms with Crippen LogP contribution >= 0.6 is 0 Å². The lowest BCUT2D eigenvalue weighted by molar-refractivity contribution is 0.589. The van der Waals surface area contributed by atoms with Gasteiger partial charge < -0.3 is 5.73 Å². The molecule has 1 aromatic carbocycles. The van der Waals surface area contributed by atoms with E-state index in [-0.39, 0.29) is 16.7 Å². The summed E-state index contributed by atoms with van der Waals surface area (Å²) in [6, 6.07) is 8.21. The van der Waals surface area contributed by atoms with E-state index in [1.807, 2.05) is 26.0 Å². The van der Waals surface area contributed by atoms with E-state index in [1.54, 1.807) is 0 Å². The number of benzene rings is 1. The Morgan fingerprint density at radius 1 is 1.17 bits per heavy atom. The van der Waals surface area contributed by atoms with Crippen LogP contribution in [0.4, 0.5) is 0 Å². The van der Waals surface area contributed by atoms with Crippen LogP contribution in [-0.2, 0) is 16.2 Å². The third kappa shape index (κ3) is 4.21. The van der Waals surface area contributed by atoms with E-state index in [4.69, 9.17) is 5.73 Å². The third-order valence-electron chi connectivity index (χ3n) is 3.02. The number of rotatable bonds is 4. The molecule has 1 aromatic rings. The fourth-order valence-electron chi connectivity index (χ4n) is 1.93. The van der Waals surface area contributed by atoms with Crippen molar-refractivity contribution >= 4 is 10.8 Å². The summed E-state index contributed by atoms with van der Waals surface area (Å²) in [4.78, 5) is 0.899. The fraction of sp³-hybridized carbons (Fsp3) is 0.600. The Bertz CT molecular complexity index is 403. The Kier molecular flexibility index (Phi) is 5.11. The minimum Gasteiger partial charge on any atom is -0.328 e. The second kappa shape index (κ2) is 5.98. The molecule has 0 aliphatic carbocycles. The fourth-order valence-corrected chi connectivity index (χ4v) is 3.28. The normalized spacial score (nSPS) is 17.2. The lowest BCUT2D eigenvalue weighted by Gasteiger charge is -2.19. The lowest BCUT2D eigenvalue weighted by Crippen LogP contribution is -2.24. The Hall–Kier alpha value is -0.670. The van der Waals surface area contributed by atoms with E-state index in [1.165, 1.54) is 5.56 Å². The molecule has 3 unspecified atom stereocenters. The third-order valence-corrected chi connectivity index (χ3v) is 4.68. The lowest BCUT2D eigenvalue weighted by atomic mass is 9.87. The van der Waals surface area contributed by atoms with Crippen molar-refractivity contribution in [2.24, 2.45) is 5.73 Å². The molecule has 102 valence electrons. The molecular formula is C15H25NOS. The van der Waals surface area contributed by atoms with Crippen LogP contribution in [0.1, 0.15) is 46.6 Å². The van der Waals surface area contributed by atoms with Crippen LogP contribution in [0.25, 0.3) is 0 Å². The van der Waals surface area contributed by atoms with Crippen molar-refractivity contribution in [1.82, 2.24) is 0 Å². The van der Waals surface area contributed by atoms with Crippen LogP contribution in [0.15, 0.2) is 29.2 Å². The van der Waals surface area contributed by atoms with E-state index >= 15 is 0 Å². The first-order valence-corrected chi connectivity index (χ1v) is 7.70. The Morgan fingerprint density at radius 2 is 1.67 bits per heavy atom. The van der Waals surface area contributed by atoms with Gasteiger partial charge in [0, 0.05) is 16.2 Å². The highest BCUT2D eigenvalue weighted by Gasteiger charge is 2.17. The number of hydrogen-bond acceptors (Lipinski definition) is 2. The molecule has 2 nitrogen and oxygen atoms in total. The van der Waals surface area contributed by atoms with Gasteiger partial charge >= 0.3 is 0 Å². The minimum absolute atomic E-state index is 0.0952. The second-order valence-corrected chi connectivity index (χ2v) is 7.97. The minimum atomic E-state index is -0.964. The van der Waals surface area contributed by atoms with Gasteiger partial charge in [-0.3, -0.25) is 4.21 Å². The van der Waals surface area contributed by atoms with Crippen molar-refractivity contribution in [3.05, 3.63) is 29.8 Å². The molecule has 18 heavy (non-hydrogen) atoms. The molecule has 0 saturated heterocycles. The van der Waals surface area contributed by atoms with Gasteiger partial charge in [-0.25, -0.2) is 0 Å². The van der Waals surface area contributed by atoms with Crippen LogP contribution < -0.4 is 5.73 Å². The molecule has 1 rings (SSSR count). The van der Waals surface area contributed by atoms with E-state index < -0.39 is 10.8 Å². The number of nitrogens with two attached hydrogens (primary N) is 1. The maximum absolute atomic E-state index is 12.3. The molecule has 0 amide bonds. The standard InChI is InChI=1S/C15H25NOS/c1-11(16)10-12(2)18(17)14-8-6-13(7-9-14)15(3,4)5/h6-9,11-12H,10,16H2,1-5H3. The number of hydrogen-bond donors (Lipinski definition) is 1. The quantitative estimate of drug-likeness (QED) is 0.910. The SMILES string of the molecule is CC(N)CC(C)S(=O)c1ccc(C(C)(C)C)cc1. The van der Waals surface area contributed by atoms with Crippen LogP contribution in [0.2, 0.25) is 0 Å². The first-order chi connectivity index (χ1) is 8.21. The predicted octanol–water partition coefficient (Wildman–Crippen LogP) is 3.22. The van der Waals surface area contributed by atoms with Gasteiger partial charge in [0.15, 0.2) is 0 Å². The molecule has 3 atom stereocenters. The maximum Gasteiger partial charge on any atom is 0.0558 e. The van der Waals surface area contributed by atoms with Crippen LogP contribution in [-0.4, -0.2) is 15.5 Å². The molecule has 0 aliphatic rings. The molecule has 0 bridgehead atoms. The summed E-state index contributed by atoms with van der Waals surface area (Å²) in [5, 5.41) is 0.102. The van der Waals surface area contributed by atoms with Crippen molar-refractivity contribution < 1.29 is 4.21 Å². The van der Waals surface area contributed by atoms with Crippen molar-refractivity contribution in [3.63, 3.8) is 0 Å². The van der Waals surface area contributed by atoms with Gasteiger partial charge in [-0.1, -0.05) is 39.8 Å². The summed E-state index contributed by atoms with van der Waals surface area (Å²) in [5.41, 5.74) is 7.16. The summed E-state index contributed by atoms with van der Waals surface area (Å²) < 4.78 is 12.3. The van der Waals surface area contributed by atoms with Crippen LogP contribution in [0.5, 0.6) is 0 Å². The Balaban J connectivity index is 2.82. The average Bonchev–Trinajstić information content (AvgIpc) is 2.26. The molecule has 0 radical (unpaired) electrons. The summed E-state index contributed by atoms with van der Waals surface area (Å²) in [5.74, 6) is 0. The first kappa shape index (κ1) is 15.4. The zero-order valence-corrected chi connectivity index (χ0v) is 12.9. The first-order valence-electron chi connectivity index (χ1n) is 6.48. The van der Waals surface area contributed by atoms with Gasteiger partial charge in [0.1, 0.15) is 0 Å². The molecule has 0 aliphatic heterocycles. The molecular weight excluding hydrogens is 242 g/mol. The zero-order valence-electron chi connectivity index (χ0n) is 12.1. The zero-order chi connectivity index (χ0) is 13.9. The predicted molar refractivity (Wildman–Crippen MR) is 79.3 cm³/mol. The summed E-state index contributed by atoms with van der Waals surface area (Å²) in [6.45, 7) is 10.5. The average molecular weight is 267 g/mol. The van der Waals surface area contributed by atoms with Gasteiger partial charge in [0.2, 0.25) is 0 Å². The molecule has 0 aromatic heterocycles. The second-order valence-electron chi connectivity index (χ2n) is 6.10. The smallest absolute Gasteiger partial charge is 0.0558 e. The van der Waals surface area contributed by atoms with Crippen LogP contribution in [0.3, 0.4) is 0 Å². The van der Waals surface area contributed by atoms with Crippen LogP contribution in [0, 0.1) is 0 Å². The molecule has 0 spiro atoms. The molecule has 0 fully saturated rings. The van der Waals surface area contributed by atoms with Crippen molar-refractivity contribution in [2.45, 2.75) is 62.6 Å². The van der Waals surface area contributed by atoms with Gasteiger partial charge in [-0.15, -0.1) is 0 Å². The van der Waals surface area contributed by atoms with Crippen molar-refractivity contribution in [2.75, 3.05) is 0 Å². The largest absolute Gasteiger partial charge is 0.328 e. The van der Waals surface area contributed by atoms with Gasteiger partial charge in [-0.2, -0.15) is 0 Å². The van der Waals surface area contributed by atoms with E-state index in [2.05, 4.69) is 32.9 Å². The van der Waals surface area contributed by atoms with E-state index in [0.29, 0.717) is 0 Å². The molecule has 3 heteroatoms. The van der Waals surface area contributed by atoms with Crippen molar-refractivity contribution in [3.8, 4) is 0 Å². The topological polar surface area (TPSA) is 43.1 Å². The van der Waals surface area contributed by atoms with Gasteiger partial charge in [0.05, 0.1) is 10.8 Å². The summed E-state index contributed by atoms with van der Waals surface area (Å²) >= 11 is 0. The molecule has 2 N–H and O–H groups in total. The van der Waals surface area contributed by atoms with E-state index in [0.717, 1.165) is 11.3 Å². The highest BCUT2D eigenvalue weighted by Crippen LogP contribution is 2.24. The summed E-state index contributed by atoms with van der Waals surface area (Å²) in [6.07, 6.45) is 0.785. The highest BCUT2D eigenvalue weighted by atomic mass is 32.2. The van der Waals surface area contributed by atoms with Gasteiger partial charge in [0.25, 0.3) is 0 Å². The summed E-state index contributed by atoms with van der Waals surface area (Å²) in [7, 11) is -0.964. The molecule has 0 saturated carbocycles. The van der Waals surface area contributed by atoms with Gasteiger partial charge in [-0.05, 0) is 36.5 Å². The highest BCUT2D eigenvalue weighted by molar-refractivity contribution is 7.85. The van der Waals surface area contributed by atoms with E-state index in [9.17, 15) is 4.21 Å². The monoisotopic (exact) mass is 267 g/mol.